The molecule has 0 amide bonds. The molecule has 1 N–H and O–H groups in total. The van der Waals surface area contributed by atoms with Crippen LogP contribution in [-0.4, -0.2) is 6.04 Å². The van der Waals surface area contributed by atoms with Crippen LogP contribution in [0.1, 0.15) is 36.8 Å². The molecule has 0 radical (unpaired) electrons. The summed E-state index contributed by atoms with van der Waals surface area (Å²) in [6, 6.07) is 12.9. The van der Waals surface area contributed by atoms with E-state index < -0.39 is 0 Å². The number of hydrogen-bond acceptors (Lipinski definition) is 3. The predicted molar refractivity (Wildman–Crippen MR) is 78.7 cm³/mol. The number of para-hydroxylation sites is 1. The van der Waals surface area contributed by atoms with Crippen LogP contribution >= 0.6 is 0 Å². The molecule has 1 aromatic carbocycles. The van der Waals surface area contributed by atoms with Crippen molar-refractivity contribution in [2.75, 3.05) is 0 Å². The van der Waals surface area contributed by atoms with Crippen molar-refractivity contribution in [3.8, 4) is 5.75 Å². The van der Waals surface area contributed by atoms with Crippen molar-refractivity contribution in [1.82, 2.24) is 5.32 Å². The molecular weight excluding hydrogens is 250 g/mol. The van der Waals surface area contributed by atoms with Crippen LogP contribution in [0.5, 0.6) is 5.75 Å². The van der Waals surface area contributed by atoms with Gasteiger partial charge in [0.1, 0.15) is 23.9 Å². The fourth-order valence-corrected chi connectivity index (χ4v) is 2.21. The smallest absolute Gasteiger partial charge is 0.146 e. The second-order valence-electron chi connectivity index (χ2n) is 5.27. The minimum atomic E-state index is 0.487. The minimum Gasteiger partial charge on any atom is -0.485 e. The molecular formula is C17H21NO2. The Balaban J connectivity index is 1.54. The van der Waals surface area contributed by atoms with E-state index in [0.29, 0.717) is 12.6 Å². The number of benzene rings is 1. The van der Waals surface area contributed by atoms with Gasteiger partial charge >= 0.3 is 0 Å². The number of furan rings is 1. The second kappa shape index (κ2) is 6.14. The first-order valence-electron chi connectivity index (χ1n) is 7.37. The fraction of sp³-hybridized carbons (Fsp3) is 0.412. The van der Waals surface area contributed by atoms with Crippen molar-refractivity contribution < 1.29 is 9.15 Å². The largest absolute Gasteiger partial charge is 0.485 e. The normalized spacial score (nSPS) is 14.4. The first kappa shape index (κ1) is 13.3. The van der Waals surface area contributed by atoms with E-state index in [1.807, 2.05) is 30.3 Å². The Kier molecular flexibility index (Phi) is 4.07. The molecule has 0 spiro atoms. The third kappa shape index (κ3) is 3.42. The number of rotatable bonds is 7. The van der Waals surface area contributed by atoms with Crippen LogP contribution in [0, 0.1) is 0 Å². The van der Waals surface area contributed by atoms with E-state index in [1.165, 1.54) is 18.4 Å². The summed E-state index contributed by atoms with van der Waals surface area (Å²) in [6.07, 6.45) is 3.57. The molecule has 1 aromatic heterocycles. The van der Waals surface area contributed by atoms with Gasteiger partial charge in [-0.05, 0) is 43.0 Å². The molecule has 0 atom stereocenters. The molecule has 0 saturated heterocycles. The van der Waals surface area contributed by atoms with Crippen LogP contribution in [0.2, 0.25) is 0 Å². The number of nitrogens with one attached hydrogen (secondary N) is 1. The lowest BCUT2D eigenvalue weighted by molar-refractivity contribution is 0.263. The van der Waals surface area contributed by atoms with Gasteiger partial charge in [-0.2, -0.15) is 0 Å². The van der Waals surface area contributed by atoms with Crippen molar-refractivity contribution in [1.29, 1.82) is 0 Å². The van der Waals surface area contributed by atoms with Gasteiger partial charge in [-0.15, -0.1) is 0 Å². The molecule has 1 aliphatic carbocycles. The van der Waals surface area contributed by atoms with Gasteiger partial charge in [-0.3, -0.25) is 0 Å². The van der Waals surface area contributed by atoms with E-state index in [0.717, 1.165) is 30.2 Å². The Morgan fingerprint density at radius 2 is 1.95 bits per heavy atom. The van der Waals surface area contributed by atoms with Crippen LogP contribution in [0.3, 0.4) is 0 Å². The fourth-order valence-electron chi connectivity index (χ4n) is 2.21. The molecule has 0 aliphatic heterocycles. The summed E-state index contributed by atoms with van der Waals surface area (Å²) >= 11 is 0. The van der Waals surface area contributed by atoms with E-state index in [2.05, 4.69) is 18.3 Å². The second-order valence-corrected chi connectivity index (χ2v) is 5.27. The highest BCUT2D eigenvalue weighted by atomic mass is 16.5. The van der Waals surface area contributed by atoms with Gasteiger partial charge in [0.05, 0.1) is 6.54 Å². The molecule has 3 rings (SSSR count). The zero-order chi connectivity index (χ0) is 13.8. The summed E-state index contributed by atoms with van der Waals surface area (Å²) in [6.45, 7) is 3.44. The lowest BCUT2D eigenvalue weighted by Crippen LogP contribution is -2.14. The van der Waals surface area contributed by atoms with Crippen molar-refractivity contribution in [2.45, 2.75) is 45.4 Å². The third-order valence-electron chi connectivity index (χ3n) is 3.58. The van der Waals surface area contributed by atoms with Gasteiger partial charge in [-0.1, -0.05) is 25.1 Å². The van der Waals surface area contributed by atoms with E-state index >= 15 is 0 Å². The Morgan fingerprint density at radius 1 is 1.15 bits per heavy atom. The maximum absolute atomic E-state index is 5.85. The number of hydrogen-bond donors (Lipinski definition) is 1. The average Bonchev–Trinajstić information content (AvgIpc) is 3.21. The summed E-state index contributed by atoms with van der Waals surface area (Å²) in [5, 5.41) is 3.44. The van der Waals surface area contributed by atoms with E-state index in [4.69, 9.17) is 9.15 Å². The van der Waals surface area contributed by atoms with Crippen molar-refractivity contribution >= 4 is 0 Å². The number of ether oxygens (including phenoxy) is 1. The zero-order valence-electron chi connectivity index (χ0n) is 11.9. The van der Waals surface area contributed by atoms with Crippen LogP contribution in [0.25, 0.3) is 0 Å². The lowest BCUT2D eigenvalue weighted by atomic mass is 10.1. The molecule has 3 heteroatoms. The van der Waals surface area contributed by atoms with Crippen molar-refractivity contribution in [3.05, 3.63) is 53.5 Å². The highest BCUT2D eigenvalue weighted by molar-refractivity contribution is 5.33. The topological polar surface area (TPSA) is 34.4 Å². The van der Waals surface area contributed by atoms with Crippen LogP contribution in [0.4, 0.5) is 0 Å². The van der Waals surface area contributed by atoms with Crippen molar-refractivity contribution in [2.24, 2.45) is 0 Å². The van der Waals surface area contributed by atoms with E-state index in [1.54, 1.807) is 0 Å². The van der Waals surface area contributed by atoms with Gasteiger partial charge in [0.2, 0.25) is 0 Å². The van der Waals surface area contributed by atoms with Crippen molar-refractivity contribution in [3.63, 3.8) is 0 Å². The van der Waals surface area contributed by atoms with Gasteiger partial charge in [-0.25, -0.2) is 0 Å². The van der Waals surface area contributed by atoms with E-state index in [-0.39, 0.29) is 0 Å². The van der Waals surface area contributed by atoms with Gasteiger partial charge in [0, 0.05) is 6.04 Å². The predicted octanol–water partition coefficient (Wildman–Crippen LogP) is 3.67. The van der Waals surface area contributed by atoms with Crippen LogP contribution in [-0.2, 0) is 19.6 Å². The van der Waals surface area contributed by atoms with Gasteiger partial charge < -0.3 is 14.5 Å². The Labute approximate surface area is 119 Å². The Hall–Kier alpha value is -1.74. The SMILES string of the molecule is CCc1ccccc1OCc1ccc(CNC2CC2)o1. The molecule has 0 bridgehead atoms. The minimum absolute atomic E-state index is 0.487. The zero-order valence-corrected chi connectivity index (χ0v) is 11.9. The summed E-state index contributed by atoms with van der Waals surface area (Å²) in [5.74, 6) is 2.81. The van der Waals surface area contributed by atoms with Crippen LogP contribution in [0.15, 0.2) is 40.8 Å². The standard InChI is InChI=1S/C17H21NO2/c1-2-13-5-3-4-6-17(13)19-12-16-10-9-15(20-16)11-18-14-7-8-14/h3-6,9-10,14,18H,2,7-8,11-12H2,1H3. The van der Waals surface area contributed by atoms with Gasteiger partial charge in [0.25, 0.3) is 0 Å². The maximum Gasteiger partial charge on any atom is 0.146 e. The molecule has 106 valence electrons. The first-order valence-corrected chi connectivity index (χ1v) is 7.37. The molecule has 20 heavy (non-hydrogen) atoms. The average molecular weight is 271 g/mol. The Bertz CT molecular complexity index is 558. The molecule has 0 unspecified atom stereocenters. The molecule has 2 aromatic rings. The maximum atomic E-state index is 5.85. The van der Waals surface area contributed by atoms with E-state index in [9.17, 15) is 0 Å². The monoisotopic (exact) mass is 271 g/mol. The quantitative estimate of drug-likeness (QED) is 0.834. The number of aryl methyl sites for hydroxylation is 1. The summed E-state index contributed by atoms with van der Waals surface area (Å²) < 4.78 is 11.6. The third-order valence-corrected chi connectivity index (χ3v) is 3.58. The Morgan fingerprint density at radius 3 is 2.75 bits per heavy atom. The molecule has 1 saturated carbocycles. The molecule has 1 heterocycles. The summed E-state index contributed by atoms with van der Waals surface area (Å²) in [5.41, 5.74) is 1.23. The lowest BCUT2D eigenvalue weighted by Gasteiger charge is -2.08. The van der Waals surface area contributed by atoms with Crippen LogP contribution < -0.4 is 10.1 Å². The van der Waals surface area contributed by atoms with Gasteiger partial charge in [0.15, 0.2) is 0 Å². The summed E-state index contributed by atoms with van der Waals surface area (Å²) in [7, 11) is 0. The first-order chi connectivity index (χ1) is 9.85. The highest BCUT2D eigenvalue weighted by Gasteiger charge is 2.20. The molecule has 3 nitrogen and oxygen atoms in total. The molecule has 1 fully saturated rings. The highest BCUT2D eigenvalue weighted by Crippen LogP contribution is 2.21. The molecule has 1 aliphatic rings. The summed E-state index contributed by atoms with van der Waals surface area (Å²) in [4.78, 5) is 0.